The van der Waals surface area contributed by atoms with Crippen LogP contribution in [-0.4, -0.2) is 79.5 Å². The summed E-state index contributed by atoms with van der Waals surface area (Å²) < 4.78 is 0. The monoisotopic (exact) mass is 828 g/mol. The molecule has 2 aliphatic rings. The van der Waals surface area contributed by atoms with E-state index in [0.717, 1.165) is 60.3 Å². The number of hydrogen-bond acceptors (Lipinski definition) is 6. The molecule has 62 heavy (non-hydrogen) atoms. The molecule has 4 aromatic heterocycles. The van der Waals surface area contributed by atoms with Crippen molar-refractivity contribution in [3.8, 4) is 0 Å². The molecule has 0 spiro atoms. The van der Waals surface area contributed by atoms with E-state index in [1.54, 1.807) is 73.1 Å². The minimum Gasteiger partial charge on any atom is -0.361 e. The average Bonchev–Trinajstić information content (AvgIpc) is 3.98. The van der Waals surface area contributed by atoms with Crippen LogP contribution in [0.2, 0.25) is 0 Å². The van der Waals surface area contributed by atoms with E-state index in [0.29, 0.717) is 70.5 Å². The largest absolute Gasteiger partial charge is 0.361 e. The highest BCUT2D eigenvalue weighted by molar-refractivity contribution is 6.13. The molecule has 312 valence electrons. The van der Waals surface area contributed by atoms with Crippen molar-refractivity contribution >= 4 is 78.6 Å². The van der Waals surface area contributed by atoms with Gasteiger partial charge >= 0.3 is 0 Å². The first-order valence-corrected chi connectivity index (χ1v) is 20.9. The number of aromatic amines is 4. The van der Waals surface area contributed by atoms with Crippen LogP contribution >= 0.6 is 0 Å². The van der Waals surface area contributed by atoms with Gasteiger partial charge in [-0.25, -0.2) is 0 Å². The Labute approximate surface area is 354 Å². The highest BCUT2D eigenvalue weighted by Crippen LogP contribution is 2.28. The second-order valence-corrected chi connectivity index (χ2v) is 15.7. The number of nitrogens with one attached hydrogen (secondary N) is 6. The Morgan fingerprint density at radius 1 is 0.452 bits per heavy atom. The first-order chi connectivity index (χ1) is 30.2. The van der Waals surface area contributed by atoms with Crippen LogP contribution in [0.25, 0.3) is 43.6 Å². The normalized spacial score (nSPS) is 14.1. The van der Waals surface area contributed by atoms with Gasteiger partial charge in [0.15, 0.2) is 0 Å². The number of aromatic nitrogens is 4. The highest BCUT2D eigenvalue weighted by Gasteiger charge is 2.25. The third kappa shape index (κ3) is 7.85. The van der Waals surface area contributed by atoms with E-state index in [1.165, 1.54) is 12.4 Å². The van der Waals surface area contributed by atoms with Gasteiger partial charge in [0, 0.05) is 94.6 Å². The van der Waals surface area contributed by atoms with Gasteiger partial charge in [0.1, 0.15) is 11.1 Å². The summed E-state index contributed by atoms with van der Waals surface area (Å²) in [6.45, 7) is 2.84. The predicted octanol–water partition coefficient (Wildman–Crippen LogP) is 7.78. The number of fused-ring (bicyclic) bond motifs is 4. The zero-order chi connectivity index (χ0) is 42.7. The van der Waals surface area contributed by atoms with Gasteiger partial charge in [0.05, 0.1) is 22.5 Å². The fraction of sp³-hybridized carbons (Fsp3) is 0.208. The maximum Gasteiger partial charge on any atom is 0.261 e. The third-order valence-electron chi connectivity index (χ3n) is 11.7. The minimum atomic E-state index is -0.550. The Bertz CT molecular complexity index is 2940. The fourth-order valence-corrected chi connectivity index (χ4v) is 8.35. The molecule has 6 N–H and O–H groups in total. The van der Waals surface area contributed by atoms with Crippen LogP contribution < -0.4 is 21.5 Å². The van der Waals surface area contributed by atoms with E-state index in [2.05, 4.69) is 30.6 Å². The standard InChI is InChI=1S/2C24H22N4O3/c2*29-22-16-6-2-3-7-19(16)26-14-18(22)23(30)27-21-13-20-15(8-9-25-20)12-17(21)24(31)28-10-4-1-5-11-28/h2*2-3,6-9,12-14,25H,1,4-5,10-11H2,(H,26,29)(H,27,30). The molecule has 14 nitrogen and oxygen atoms in total. The number of carbonyl (C=O) groups excluding carboxylic acids is 4. The molecular formula is C48H44N8O6. The number of carbonyl (C=O) groups is 4. The number of hydrogen-bond donors (Lipinski definition) is 6. The molecule has 0 unspecified atom stereocenters. The number of rotatable bonds is 6. The first kappa shape index (κ1) is 39.7. The molecule has 10 rings (SSSR count). The number of nitrogens with zero attached hydrogens (tertiary/aromatic N) is 2. The Morgan fingerprint density at radius 2 is 0.855 bits per heavy atom. The second-order valence-electron chi connectivity index (χ2n) is 15.7. The van der Waals surface area contributed by atoms with Crippen LogP contribution in [0.15, 0.2) is 119 Å². The number of pyridine rings is 2. The van der Waals surface area contributed by atoms with Gasteiger partial charge in [-0.15, -0.1) is 0 Å². The van der Waals surface area contributed by atoms with Crippen LogP contribution in [0.1, 0.15) is 80.0 Å². The van der Waals surface area contributed by atoms with Gasteiger partial charge in [-0.05, 0) is 99.2 Å². The van der Waals surface area contributed by atoms with E-state index in [4.69, 9.17) is 0 Å². The van der Waals surface area contributed by atoms with Crippen molar-refractivity contribution < 1.29 is 19.2 Å². The van der Waals surface area contributed by atoms with E-state index < -0.39 is 11.8 Å². The van der Waals surface area contributed by atoms with E-state index in [9.17, 15) is 28.8 Å². The molecule has 2 fully saturated rings. The van der Waals surface area contributed by atoms with Crippen LogP contribution in [0.5, 0.6) is 0 Å². The molecule has 2 aliphatic heterocycles. The number of anilines is 2. The minimum absolute atomic E-state index is 0.00153. The molecule has 0 atom stereocenters. The summed E-state index contributed by atoms with van der Waals surface area (Å²) in [7, 11) is 0. The predicted molar refractivity (Wildman–Crippen MR) is 241 cm³/mol. The summed E-state index contributed by atoms with van der Waals surface area (Å²) in [4.78, 5) is 94.1. The number of para-hydroxylation sites is 2. The molecule has 14 heteroatoms. The summed E-state index contributed by atoms with van der Waals surface area (Å²) in [6, 6.07) is 25.0. The Kier molecular flexibility index (Phi) is 10.9. The third-order valence-corrected chi connectivity index (χ3v) is 11.7. The highest BCUT2D eigenvalue weighted by atomic mass is 16.2. The lowest BCUT2D eigenvalue weighted by atomic mass is 10.1. The zero-order valence-electron chi connectivity index (χ0n) is 33.8. The molecule has 8 aromatic rings. The molecular weight excluding hydrogens is 785 g/mol. The van der Waals surface area contributed by atoms with Crippen LogP contribution in [0, 0.1) is 0 Å². The number of likely N-dealkylation sites (tertiary alicyclic amines) is 2. The van der Waals surface area contributed by atoms with Gasteiger partial charge in [0.2, 0.25) is 10.9 Å². The molecule has 0 bridgehead atoms. The number of H-pyrrole nitrogens is 4. The molecule has 4 amide bonds. The van der Waals surface area contributed by atoms with Crippen molar-refractivity contribution in [1.82, 2.24) is 29.7 Å². The Morgan fingerprint density at radius 3 is 1.27 bits per heavy atom. The molecule has 0 radical (unpaired) electrons. The number of piperidine rings is 2. The van der Waals surface area contributed by atoms with Crippen LogP contribution in [0.4, 0.5) is 11.4 Å². The van der Waals surface area contributed by atoms with Gasteiger partial charge in [-0.3, -0.25) is 28.8 Å². The molecule has 2 saturated heterocycles. The van der Waals surface area contributed by atoms with Gasteiger partial charge < -0.3 is 40.4 Å². The molecule has 6 heterocycles. The van der Waals surface area contributed by atoms with Gasteiger partial charge in [0.25, 0.3) is 23.6 Å². The van der Waals surface area contributed by atoms with Gasteiger partial charge in [-0.2, -0.15) is 0 Å². The molecule has 4 aromatic carbocycles. The Hall–Kier alpha value is -7.74. The molecule has 0 saturated carbocycles. The topological polar surface area (TPSA) is 196 Å². The van der Waals surface area contributed by atoms with E-state index in [-0.39, 0.29) is 33.8 Å². The first-order valence-electron chi connectivity index (χ1n) is 20.9. The lowest BCUT2D eigenvalue weighted by molar-refractivity contribution is 0.0718. The van der Waals surface area contributed by atoms with Crippen molar-refractivity contribution in [3.63, 3.8) is 0 Å². The lowest BCUT2D eigenvalue weighted by Gasteiger charge is -2.27. The quantitative estimate of drug-likeness (QED) is 0.0990. The lowest BCUT2D eigenvalue weighted by Crippen LogP contribution is -2.36. The van der Waals surface area contributed by atoms with Crippen molar-refractivity contribution in [3.05, 3.63) is 152 Å². The second kappa shape index (κ2) is 17.1. The maximum atomic E-state index is 13.2. The Balaban J connectivity index is 0.000000158. The fourth-order valence-electron chi connectivity index (χ4n) is 8.35. The summed E-state index contributed by atoms with van der Waals surface area (Å²) in [5, 5.41) is 8.29. The van der Waals surface area contributed by atoms with E-state index in [1.807, 2.05) is 34.1 Å². The number of benzene rings is 4. The van der Waals surface area contributed by atoms with Gasteiger partial charge in [-0.1, -0.05) is 24.3 Å². The van der Waals surface area contributed by atoms with Crippen LogP contribution in [-0.2, 0) is 0 Å². The smallest absolute Gasteiger partial charge is 0.261 e. The molecule has 0 aliphatic carbocycles. The van der Waals surface area contributed by atoms with Crippen molar-refractivity contribution in [2.75, 3.05) is 36.8 Å². The summed E-state index contributed by atoms with van der Waals surface area (Å²) in [6.07, 6.45) is 12.6. The van der Waals surface area contributed by atoms with Crippen molar-refractivity contribution in [2.45, 2.75) is 38.5 Å². The summed E-state index contributed by atoms with van der Waals surface area (Å²) in [5.41, 5.74) is 3.88. The van der Waals surface area contributed by atoms with E-state index >= 15 is 0 Å². The van der Waals surface area contributed by atoms with Crippen LogP contribution in [0.3, 0.4) is 0 Å². The van der Waals surface area contributed by atoms with Crippen molar-refractivity contribution in [1.29, 1.82) is 0 Å². The summed E-state index contributed by atoms with van der Waals surface area (Å²) >= 11 is 0. The average molecular weight is 829 g/mol. The zero-order valence-corrected chi connectivity index (χ0v) is 33.8. The number of amides is 4. The SMILES string of the molecule is O=C(Nc1cc2[nH]ccc2cc1C(=O)N1CCCCC1)c1c[nH]c2ccccc2c1=O.O=C(Nc1cc2[nH]ccc2cc1C(=O)N1CCCCC1)c1c[nH]c2ccccc2c1=O. The maximum absolute atomic E-state index is 13.2. The van der Waals surface area contributed by atoms with Crippen molar-refractivity contribution in [2.24, 2.45) is 0 Å². The summed E-state index contributed by atoms with van der Waals surface area (Å²) in [5.74, 6) is -1.31.